The van der Waals surface area contributed by atoms with E-state index in [1.807, 2.05) is 11.5 Å². The zero-order chi connectivity index (χ0) is 23.8. The van der Waals surface area contributed by atoms with Gasteiger partial charge in [-0.25, -0.2) is 0 Å². The zero-order valence-electron chi connectivity index (χ0n) is 18.0. The largest absolute Gasteiger partial charge is 0.400 e. The molecule has 3 rings (SSSR count). The van der Waals surface area contributed by atoms with E-state index in [1.165, 1.54) is 22.6 Å². The van der Waals surface area contributed by atoms with Gasteiger partial charge in [-0.05, 0) is 59.0 Å². The highest BCUT2D eigenvalue weighted by molar-refractivity contribution is 8.01. The minimum atomic E-state index is -0.448. The number of nitro benzene ring substituents is 1. The molecule has 0 radical (unpaired) electrons. The van der Waals surface area contributed by atoms with E-state index in [0.29, 0.717) is 17.1 Å². The molecule has 1 amide bonds. The number of halogens is 1. The maximum Gasteiger partial charge on any atom is 0.269 e. The van der Waals surface area contributed by atoms with Gasteiger partial charge in [0.25, 0.3) is 5.69 Å². The molecular weight excluding hydrogens is 478 g/mol. The van der Waals surface area contributed by atoms with Gasteiger partial charge in [0.15, 0.2) is 0 Å². The van der Waals surface area contributed by atoms with E-state index < -0.39 is 11.0 Å². The molecule has 0 spiro atoms. The third-order valence-electron chi connectivity index (χ3n) is 4.81. The van der Waals surface area contributed by atoms with Crippen LogP contribution in [-0.4, -0.2) is 16.9 Å². The van der Waals surface area contributed by atoms with Crippen molar-refractivity contribution in [1.82, 2.24) is 5.32 Å². The van der Waals surface area contributed by atoms with E-state index >= 15 is 0 Å². The molecule has 0 saturated carbocycles. The van der Waals surface area contributed by atoms with Crippen molar-refractivity contribution in [1.29, 1.82) is 0 Å². The number of rotatable bonds is 10. The van der Waals surface area contributed by atoms with Gasteiger partial charge in [0.05, 0.1) is 17.4 Å². The first-order valence-electron chi connectivity index (χ1n) is 10.2. The summed E-state index contributed by atoms with van der Waals surface area (Å²) in [5.41, 5.74) is 9.81. The molecule has 0 aliphatic carbocycles. The second-order valence-corrected chi connectivity index (χ2v) is 9.86. The fourth-order valence-corrected chi connectivity index (χ4v) is 5.22. The lowest BCUT2D eigenvalue weighted by molar-refractivity contribution is -0.384. The number of aryl methyl sites for hydroxylation is 1. The van der Waals surface area contributed by atoms with Gasteiger partial charge in [-0.3, -0.25) is 14.9 Å². The molecular formula is C24H24ClN3O3S2. The summed E-state index contributed by atoms with van der Waals surface area (Å²) in [6.45, 7) is 2.06. The lowest BCUT2D eigenvalue weighted by atomic mass is 10.0. The Bertz CT molecular complexity index is 1150. The molecule has 0 aliphatic heterocycles. The second-order valence-electron chi connectivity index (χ2n) is 7.57. The minimum Gasteiger partial charge on any atom is -0.400 e. The molecule has 0 saturated heterocycles. The molecule has 172 valence electrons. The first-order valence-corrected chi connectivity index (χ1v) is 12.5. The number of benzene rings is 2. The molecule has 3 N–H and O–H groups in total. The standard InChI is InChI=1S/C24H24ClN3O3S2/c1-16-9-21(33-13-16)14-32-15-22(26)23(11-17-5-7-20(8-6-17)28(30)31)27-24(29)12-18-3-2-4-19(25)10-18/h2-10,13,15,23H,11-12,14,26H2,1H3,(H,27,29)/b22-15-/t23-/m0/s1. The highest BCUT2D eigenvalue weighted by atomic mass is 35.5. The van der Waals surface area contributed by atoms with Gasteiger partial charge in [0.2, 0.25) is 5.91 Å². The number of nitrogens with two attached hydrogens (primary N) is 1. The van der Waals surface area contributed by atoms with Crippen LogP contribution in [-0.2, 0) is 23.4 Å². The first kappa shape index (κ1) is 24.8. The third kappa shape index (κ3) is 7.92. The average molecular weight is 502 g/mol. The SMILES string of the molecule is Cc1csc(CS/C=C(\N)[C@H](Cc2ccc([N+](=O)[O-])cc2)NC(=O)Cc2cccc(Cl)c2)c1. The second kappa shape index (κ2) is 11.9. The normalized spacial score (nSPS) is 12.4. The summed E-state index contributed by atoms with van der Waals surface area (Å²) < 4.78 is 0. The quantitative estimate of drug-likeness (QED) is 0.277. The van der Waals surface area contributed by atoms with Crippen LogP contribution < -0.4 is 11.1 Å². The van der Waals surface area contributed by atoms with E-state index in [-0.39, 0.29) is 18.0 Å². The monoisotopic (exact) mass is 501 g/mol. The lowest BCUT2D eigenvalue weighted by Crippen LogP contribution is -2.41. The van der Waals surface area contributed by atoms with Gasteiger partial charge >= 0.3 is 0 Å². The van der Waals surface area contributed by atoms with Crippen molar-refractivity contribution in [2.24, 2.45) is 5.73 Å². The highest BCUT2D eigenvalue weighted by Crippen LogP contribution is 2.22. The van der Waals surface area contributed by atoms with E-state index in [1.54, 1.807) is 53.4 Å². The van der Waals surface area contributed by atoms with Gasteiger partial charge in [-0.2, -0.15) is 0 Å². The Morgan fingerprint density at radius 3 is 2.64 bits per heavy atom. The minimum absolute atomic E-state index is 0.0191. The number of non-ortho nitro benzene ring substituents is 1. The number of amides is 1. The molecule has 0 aliphatic rings. The van der Waals surface area contributed by atoms with Crippen LogP contribution in [0.25, 0.3) is 0 Å². The predicted molar refractivity (Wildman–Crippen MR) is 137 cm³/mol. The van der Waals surface area contributed by atoms with Gasteiger partial charge < -0.3 is 11.1 Å². The average Bonchev–Trinajstić information content (AvgIpc) is 3.18. The number of thiophene rings is 1. The van der Waals surface area contributed by atoms with Crippen LogP contribution in [0.2, 0.25) is 5.02 Å². The van der Waals surface area contributed by atoms with Crippen LogP contribution in [0.15, 0.2) is 71.1 Å². The van der Waals surface area contributed by atoms with Gasteiger partial charge in [0.1, 0.15) is 0 Å². The molecule has 0 bridgehead atoms. The van der Waals surface area contributed by atoms with Crippen molar-refractivity contribution in [3.8, 4) is 0 Å². The van der Waals surface area contributed by atoms with E-state index in [2.05, 4.69) is 23.7 Å². The fourth-order valence-electron chi connectivity index (χ4n) is 3.19. The summed E-state index contributed by atoms with van der Waals surface area (Å²) in [7, 11) is 0. The number of thioether (sulfide) groups is 1. The number of hydrogen-bond donors (Lipinski definition) is 2. The Morgan fingerprint density at radius 1 is 1.24 bits per heavy atom. The number of hydrogen-bond acceptors (Lipinski definition) is 6. The highest BCUT2D eigenvalue weighted by Gasteiger charge is 2.17. The fraction of sp³-hybridized carbons (Fsp3) is 0.208. The molecule has 9 heteroatoms. The molecule has 0 fully saturated rings. The van der Waals surface area contributed by atoms with Gasteiger partial charge in [-0.15, -0.1) is 23.1 Å². The van der Waals surface area contributed by atoms with Crippen molar-refractivity contribution in [2.45, 2.75) is 31.6 Å². The van der Waals surface area contributed by atoms with Crippen LogP contribution in [0.3, 0.4) is 0 Å². The topological polar surface area (TPSA) is 98.3 Å². The lowest BCUT2D eigenvalue weighted by Gasteiger charge is -2.20. The van der Waals surface area contributed by atoms with Crippen molar-refractivity contribution in [3.05, 3.63) is 108 Å². The smallest absolute Gasteiger partial charge is 0.269 e. The Labute approximate surface area is 206 Å². The Hall–Kier alpha value is -2.81. The first-order chi connectivity index (χ1) is 15.8. The summed E-state index contributed by atoms with van der Waals surface area (Å²) in [5.74, 6) is 0.610. The summed E-state index contributed by atoms with van der Waals surface area (Å²) >= 11 is 9.30. The molecule has 6 nitrogen and oxygen atoms in total. The van der Waals surface area contributed by atoms with E-state index in [4.69, 9.17) is 17.3 Å². The molecule has 2 aromatic carbocycles. The molecule has 1 aromatic heterocycles. The maximum absolute atomic E-state index is 12.7. The number of nitro groups is 1. The summed E-state index contributed by atoms with van der Waals surface area (Å²) in [6.07, 6.45) is 0.590. The van der Waals surface area contributed by atoms with Crippen LogP contribution >= 0.6 is 34.7 Å². The predicted octanol–water partition coefficient (Wildman–Crippen LogP) is 5.62. The van der Waals surface area contributed by atoms with Gasteiger partial charge in [0, 0.05) is 33.5 Å². The zero-order valence-corrected chi connectivity index (χ0v) is 20.4. The van der Waals surface area contributed by atoms with Crippen LogP contribution in [0, 0.1) is 17.0 Å². The molecule has 33 heavy (non-hydrogen) atoms. The summed E-state index contributed by atoms with van der Waals surface area (Å²) in [6, 6.07) is 15.1. The van der Waals surface area contributed by atoms with Gasteiger partial charge in [-0.1, -0.05) is 35.9 Å². The van der Waals surface area contributed by atoms with Crippen LogP contribution in [0.4, 0.5) is 5.69 Å². The molecule has 1 atom stereocenters. The summed E-state index contributed by atoms with van der Waals surface area (Å²) in [4.78, 5) is 24.5. The Balaban J connectivity index is 1.71. The van der Waals surface area contributed by atoms with Crippen molar-refractivity contribution in [2.75, 3.05) is 0 Å². The molecule has 3 aromatic rings. The van der Waals surface area contributed by atoms with E-state index in [0.717, 1.165) is 16.9 Å². The van der Waals surface area contributed by atoms with Crippen molar-refractivity contribution in [3.63, 3.8) is 0 Å². The van der Waals surface area contributed by atoms with E-state index in [9.17, 15) is 14.9 Å². The Kier molecular flexibility index (Phi) is 8.94. The number of carbonyl (C=O) groups is 1. The maximum atomic E-state index is 12.7. The van der Waals surface area contributed by atoms with Crippen molar-refractivity contribution < 1.29 is 9.72 Å². The molecule has 1 heterocycles. The van der Waals surface area contributed by atoms with Crippen LogP contribution in [0.5, 0.6) is 0 Å². The Morgan fingerprint density at radius 2 is 2.00 bits per heavy atom. The number of carbonyl (C=O) groups excluding carboxylic acids is 1. The van der Waals surface area contributed by atoms with Crippen molar-refractivity contribution >= 4 is 46.3 Å². The third-order valence-corrected chi connectivity index (χ3v) is 7.20. The molecule has 0 unspecified atom stereocenters. The number of nitrogens with zero attached hydrogens (tertiary/aromatic N) is 1. The van der Waals surface area contributed by atoms with Crippen LogP contribution in [0.1, 0.15) is 21.6 Å². The number of nitrogens with one attached hydrogen (secondary N) is 1. The summed E-state index contributed by atoms with van der Waals surface area (Å²) in [5, 5.41) is 18.5.